The molecule has 0 aliphatic rings. The van der Waals surface area contributed by atoms with Crippen molar-refractivity contribution in [2.24, 2.45) is 11.7 Å². The molecule has 0 saturated carbocycles. The van der Waals surface area contributed by atoms with E-state index in [1.54, 1.807) is 31.2 Å². The molecule has 0 heterocycles. The van der Waals surface area contributed by atoms with Crippen LogP contribution in [0.2, 0.25) is 0 Å². The fraction of sp³-hybridized carbons (Fsp3) is 0.429. The number of nitrogens with two attached hydrogens (primary N) is 1. The molecule has 1 atom stereocenters. The number of hydrogen-bond donors (Lipinski definition) is 3. The number of rotatable bonds is 6. The van der Waals surface area contributed by atoms with E-state index in [1.807, 2.05) is 6.92 Å². The van der Waals surface area contributed by atoms with Gasteiger partial charge >= 0.3 is 0 Å². The second kappa shape index (κ2) is 7.53. The maximum atomic E-state index is 11.8. The predicted octanol–water partition coefficient (Wildman–Crippen LogP) is 1.96. The standard InChI is InChI=1S/C14H21N3O2/c1-3-13(18)16-11-5-4-6-12(9-11)17-14(19)10(2)7-8-15/h4-6,9-10H,3,7-8,15H2,1-2H3,(H,16,18)(H,17,19). The lowest BCUT2D eigenvalue weighted by molar-refractivity contribution is -0.119. The fourth-order valence-corrected chi connectivity index (χ4v) is 1.57. The Morgan fingerprint density at radius 2 is 1.89 bits per heavy atom. The number of benzene rings is 1. The highest BCUT2D eigenvalue weighted by Gasteiger charge is 2.12. The molecule has 2 amide bonds. The molecular weight excluding hydrogens is 242 g/mol. The van der Waals surface area contributed by atoms with Crippen LogP contribution in [0.3, 0.4) is 0 Å². The van der Waals surface area contributed by atoms with Gasteiger partial charge in [-0.3, -0.25) is 9.59 Å². The first-order valence-corrected chi connectivity index (χ1v) is 6.47. The van der Waals surface area contributed by atoms with Gasteiger partial charge < -0.3 is 16.4 Å². The number of hydrogen-bond acceptors (Lipinski definition) is 3. The van der Waals surface area contributed by atoms with Crippen molar-refractivity contribution < 1.29 is 9.59 Å². The largest absolute Gasteiger partial charge is 0.330 e. The van der Waals surface area contributed by atoms with E-state index in [1.165, 1.54) is 0 Å². The second-order valence-electron chi connectivity index (χ2n) is 4.45. The molecule has 0 fully saturated rings. The minimum atomic E-state index is -0.126. The molecule has 1 rings (SSSR count). The van der Waals surface area contributed by atoms with Crippen LogP contribution in [0.15, 0.2) is 24.3 Å². The first-order valence-electron chi connectivity index (χ1n) is 6.47. The minimum absolute atomic E-state index is 0.0556. The molecule has 1 aromatic carbocycles. The van der Waals surface area contributed by atoms with Crippen molar-refractivity contribution in [2.45, 2.75) is 26.7 Å². The molecule has 1 aromatic rings. The molecule has 5 nitrogen and oxygen atoms in total. The Balaban J connectivity index is 2.66. The number of carbonyl (C=O) groups is 2. The smallest absolute Gasteiger partial charge is 0.227 e. The van der Waals surface area contributed by atoms with E-state index in [9.17, 15) is 9.59 Å². The van der Waals surface area contributed by atoms with Crippen LogP contribution in [0.4, 0.5) is 11.4 Å². The summed E-state index contributed by atoms with van der Waals surface area (Å²) in [7, 11) is 0. The van der Waals surface area contributed by atoms with Gasteiger partial charge in [0.15, 0.2) is 0 Å². The first kappa shape index (κ1) is 15.2. The van der Waals surface area contributed by atoms with E-state index in [0.29, 0.717) is 30.8 Å². The lowest BCUT2D eigenvalue weighted by Crippen LogP contribution is -2.22. The zero-order chi connectivity index (χ0) is 14.3. The molecule has 19 heavy (non-hydrogen) atoms. The number of anilines is 2. The van der Waals surface area contributed by atoms with Crippen molar-refractivity contribution in [1.29, 1.82) is 0 Å². The quantitative estimate of drug-likeness (QED) is 0.733. The van der Waals surface area contributed by atoms with Crippen LogP contribution < -0.4 is 16.4 Å². The lowest BCUT2D eigenvalue weighted by Gasteiger charge is -2.12. The van der Waals surface area contributed by atoms with Gasteiger partial charge in [-0.05, 0) is 31.2 Å². The van der Waals surface area contributed by atoms with Crippen LogP contribution in [-0.2, 0) is 9.59 Å². The number of carbonyl (C=O) groups excluding carboxylic acids is 2. The van der Waals surface area contributed by atoms with Crippen molar-refractivity contribution in [3.8, 4) is 0 Å². The summed E-state index contributed by atoms with van der Waals surface area (Å²) in [4.78, 5) is 23.1. The summed E-state index contributed by atoms with van der Waals surface area (Å²) in [6.45, 7) is 4.11. The summed E-state index contributed by atoms with van der Waals surface area (Å²) in [5.41, 5.74) is 6.77. The van der Waals surface area contributed by atoms with Gasteiger partial charge in [0.25, 0.3) is 0 Å². The highest BCUT2D eigenvalue weighted by atomic mass is 16.2. The number of amides is 2. The summed E-state index contributed by atoms with van der Waals surface area (Å²) in [6, 6.07) is 7.09. The maximum absolute atomic E-state index is 11.8. The van der Waals surface area contributed by atoms with Crippen LogP contribution in [0.1, 0.15) is 26.7 Å². The topological polar surface area (TPSA) is 84.2 Å². The van der Waals surface area contributed by atoms with Gasteiger partial charge in [0, 0.05) is 23.7 Å². The molecule has 0 radical (unpaired) electrons. The van der Waals surface area contributed by atoms with Crippen molar-refractivity contribution >= 4 is 23.2 Å². The summed E-state index contributed by atoms with van der Waals surface area (Å²) >= 11 is 0. The monoisotopic (exact) mass is 263 g/mol. The normalized spacial score (nSPS) is 11.7. The molecule has 0 saturated heterocycles. The third kappa shape index (κ3) is 5.09. The molecule has 0 spiro atoms. The van der Waals surface area contributed by atoms with Gasteiger partial charge in [0.05, 0.1) is 0 Å². The Labute approximate surface area is 113 Å². The third-order valence-electron chi connectivity index (χ3n) is 2.78. The summed E-state index contributed by atoms with van der Waals surface area (Å²) < 4.78 is 0. The van der Waals surface area contributed by atoms with Crippen LogP contribution in [-0.4, -0.2) is 18.4 Å². The second-order valence-corrected chi connectivity index (χ2v) is 4.45. The Kier molecular flexibility index (Phi) is 6.02. The third-order valence-corrected chi connectivity index (χ3v) is 2.78. The molecule has 104 valence electrons. The zero-order valence-electron chi connectivity index (χ0n) is 11.4. The van der Waals surface area contributed by atoms with Crippen molar-refractivity contribution in [2.75, 3.05) is 17.2 Å². The molecule has 0 aromatic heterocycles. The Morgan fingerprint density at radius 3 is 2.47 bits per heavy atom. The molecule has 5 heteroatoms. The predicted molar refractivity (Wildman–Crippen MR) is 76.8 cm³/mol. The van der Waals surface area contributed by atoms with Gasteiger partial charge in [0.1, 0.15) is 0 Å². The minimum Gasteiger partial charge on any atom is -0.330 e. The summed E-state index contributed by atoms with van der Waals surface area (Å²) in [5.74, 6) is -0.247. The van der Waals surface area contributed by atoms with Crippen molar-refractivity contribution in [3.63, 3.8) is 0 Å². The summed E-state index contributed by atoms with van der Waals surface area (Å²) in [6.07, 6.45) is 1.07. The molecule has 1 unspecified atom stereocenters. The van der Waals surface area contributed by atoms with Gasteiger partial charge in [-0.25, -0.2) is 0 Å². The van der Waals surface area contributed by atoms with Gasteiger partial charge in [-0.15, -0.1) is 0 Å². The Bertz CT molecular complexity index is 446. The molecule has 4 N–H and O–H groups in total. The lowest BCUT2D eigenvalue weighted by atomic mass is 10.1. The van der Waals surface area contributed by atoms with Crippen LogP contribution in [0, 0.1) is 5.92 Å². The maximum Gasteiger partial charge on any atom is 0.227 e. The average Bonchev–Trinajstić information content (AvgIpc) is 2.39. The Morgan fingerprint density at radius 1 is 1.26 bits per heavy atom. The Hall–Kier alpha value is -1.88. The SMILES string of the molecule is CCC(=O)Nc1cccc(NC(=O)C(C)CCN)c1. The van der Waals surface area contributed by atoms with E-state index in [2.05, 4.69) is 10.6 Å². The van der Waals surface area contributed by atoms with Gasteiger partial charge in [-0.2, -0.15) is 0 Å². The van der Waals surface area contributed by atoms with E-state index < -0.39 is 0 Å². The molecule has 0 bridgehead atoms. The van der Waals surface area contributed by atoms with Gasteiger partial charge in [0.2, 0.25) is 11.8 Å². The van der Waals surface area contributed by atoms with Crippen LogP contribution >= 0.6 is 0 Å². The number of nitrogens with one attached hydrogen (secondary N) is 2. The van der Waals surface area contributed by atoms with Crippen molar-refractivity contribution in [1.82, 2.24) is 0 Å². The van der Waals surface area contributed by atoms with E-state index in [0.717, 1.165) is 0 Å². The zero-order valence-corrected chi connectivity index (χ0v) is 11.4. The summed E-state index contributed by atoms with van der Waals surface area (Å²) in [5, 5.41) is 5.56. The molecule has 0 aliphatic carbocycles. The molecule has 0 aliphatic heterocycles. The highest BCUT2D eigenvalue weighted by molar-refractivity contribution is 5.94. The average molecular weight is 263 g/mol. The van der Waals surface area contributed by atoms with Crippen LogP contribution in [0.5, 0.6) is 0 Å². The fourth-order valence-electron chi connectivity index (χ4n) is 1.57. The first-order chi connectivity index (χ1) is 9.06. The van der Waals surface area contributed by atoms with Gasteiger partial charge in [-0.1, -0.05) is 19.9 Å². The van der Waals surface area contributed by atoms with Crippen LogP contribution in [0.25, 0.3) is 0 Å². The van der Waals surface area contributed by atoms with E-state index in [-0.39, 0.29) is 17.7 Å². The van der Waals surface area contributed by atoms with E-state index in [4.69, 9.17) is 5.73 Å². The van der Waals surface area contributed by atoms with E-state index >= 15 is 0 Å². The van der Waals surface area contributed by atoms with Crippen molar-refractivity contribution in [3.05, 3.63) is 24.3 Å². The molecular formula is C14H21N3O2. The highest BCUT2D eigenvalue weighted by Crippen LogP contribution is 2.16.